The van der Waals surface area contributed by atoms with E-state index in [-0.39, 0.29) is 11.7 Å². The molecule has 1 aliphatic carbocycles. The van der Waals surface area contributed by atoms with Crippen LogP contribution in [0.15, 0.2) is 54.6 Å². The number of pyridine rings is 1. The number of nitrogens with zero attached hydrogens (tertiary/aromatic N) is 4. The number of benzene rings is 2. The number of hydrogen-bond donors (Lipinski definition) is 1. The molecule has 6 heteroatoms. The maximum Gasteiger partial charge on any atom is 0.272 e. The number of likely N-dealkylation sites (tertiary alicyclic amines) is 1. The monoisotopic (exact) mass is 472 g/mol. The number of aromatic hydroxyl groups is 1. The summed E-state index contributed by atoms with van der Waals surface area (Å²) < 4.78 is 0. The summed E-state index contributed by atoms with van der Waals surface area (Å²) in [5.41, 5.74) is 3.87. The van der Waals surface area contributed by atoms with Crippen molar-refractivity contribution >= 4 is 16.8 Å². The molecule has 1 fully saturated rings. The van der Waals surface area contributed by atoms with Crippen LogP contribution in [0, 0.1) is 5.92 Å². The Hall–Kier alpha value is -2.96. The van der Waals surface area contributed by atoms with Gasteiger partial charge >= 0.3 is 0 Å². The summed E-state index contributed by atoms with van der Waals surface area (Å²) in [6.45, 7) is 4.39. The van der Waals surface area contributed by atoms with Gasteiger partial charge in [-0.1, -0.05) is 42.5 Å². The standard InChI is InChI=1S/C29H36N4O2/c1-31(2)15-16-33(29(35)26-13-12-22-10-5-11-27(34)28(22)30-26)20-21-7-6-14-32(19-21)25-17-23-8-3-4-9-24(23)18-25/h3-5,8-13,21,25,34H,6-7,14-20H2,1-2H3. The van der Waals surface area contributed by atoms with Gasteiger partial charge in [0.15, 0.2) is 0 Å². The average molecular weight is 473 g/mol. The fraction of sp³-hybridized carbons (Fsp3) is 0.448. The smallest absolute Gasteiger partial charge is 0.272 e. The second-order valence-corrected chi connectivity index (χ2v) is 10.4. The van der Waals surface area contributed by atoms with Gasteiger partial charge in [0, 0.05) is 37.6 Å². The molecule has 1 unspecified atom stereocenters. The first-order valence-corrected chi connectivity index (χ1v) is 12.8. The average Bonchev–Trinajstić information content (AvgIpc) is 3.31. The number of phenols is 1. The molecule has 2 aromatic carbocycles. The number of aromatic nitrogens is 1. The molecular formula is C29H36N4O2. The van der Waals surface area contributed by atoms with E-state index in [2.05, 4.69) is 39.0 Å². The van der Waals surface area contributed by atoms with Crippen molar-refractivity contribution in [2.24, 2.45) is 5.92 Å². The van der Waals surface area contributed by atoms with Gasteiger partial charge in [-0.05, 0) is 75.5 Å². The highest BCUT2D eigenvalue weighted by Crippen LogP contribution is 2.29. The highest BCUT2D eigenvalue weighted by Gasteiger charge is 2.32. The molecule has 1 N–H and O–H groups in total. The fourth-order valence-corrected chi connectivity index (χ4v) is 5.69. The molecule has 6 nitrogen and oxygen atoms in total. The van der Waals surface area contributed by atoms with Gasteiger partial charge in [-0.15, -0.1) is 0 Å². The second-order valence-electron chi connectivity index (χ2n) is 10.4. The van der Waals surface area contributed by atoms with Crippen LogP contribution in [0.25, 0.3) is 10.9 Å². The highest BCUT2D eigenvalue weighted by atomic mass is 16.3. The van der Waals surface area contributed by atoms with E-state index in [9.17, 15) is 9.90 Å². The molecule has 0 spiro atoms. The first-order valence-electron chi connectivity index (χ1n) is 12.8. The Labute approximate surface area is 208 Å². The molecule has 0 bridgehead atoms. The minimum absolute atomic E-state index is 0.0533. The molecule has 2 heterocycles. The summed E-state index contributed by atoms with van der Waals surface area (Å²) in [4.78, 5) is 24.9. The normalized spacial score (nSPS) is 18.8. The minimum atomic E-state index is -0.0533. The maximum absolute atomic E-state index is 13.6. The molecule has 184 valence electrons. The van der Waals surface area contributed by atoms with Crippen molar-refractivity contribution in [1.82, 2.24) is 19.7 Å². The van der Waals surface area contributed by atoms with Crippen LogP contribution < -0.4 is 0 Å². The van der Waals surface area contributed by atoms with Crippen LogP contribution in [0.5, 0.6) is 5.75 Å². The molecule has 5 rings (SSSR count). The Kier molecular flexibility index (Phi) is 7.02. The Bertz CT molecular complexity index is 1170. The van der Waals surface area contributed by atoms with Crippen molar-refractivity contribution in [2.45, 2.75) is 31.7 Å². The van der Waals surface area contributed by atoms with Crippen LogP contribution in [0.1, 0.15) is 34.5 Å². The largest absolute Gasteiger partial charge is 0.506 e. The first-order chi connectivity index (χ1) is 17.0. The lowest BCUT2D eigenvalue weighted by atomic mass is 9.95. The van der Waals surface area contributed by atoms with Crippen molar-refractivity contribution in [3.8, 4) is 5.75 Å². The third-order valence-corrected chi connectivity index (χ3v) is 7.60. The van der Waals surface area contributed by atoms with E-state index in [0.29, 0.717) is 29.7 Å². The predicted molar refractivity (Wildman–Crippen MR) is 140 cm³/mol. The van der Waals surface area contributed by atoms with E-state index in [1.165, 1.54) is 17.5 Å². The lowest BCUT2D eigenvalue weighted by Gasteiger charge is -2.39. The summed E-state index contributed by atoms with van der Waals surface area (Å²) in [6.07, 6.45) is 4.59. The van der Waals surface area contributed by atoms with Crippen LogP contribution in [0.3, 0.4) is 0 Å². The van der Waals surface area contributed by atoms with Gasteiger partial charge in [0.05, 0.1) is 0 Å². The highest BCUT2D eigenvalue weighted by molar-refractivity contribution is 5.96. The second kappa shape index (κ2) is 10.3. The topological polar surface area (TPSA) is 59.9 Å². The Balaban J connectivity index is 1.30. The third-order valence-electron chi connectivity index (χ3n) is 7.60. The van der Waals surface area contributed by atoms with Gasteiger partial charge in [0.2, 0.25) is 0 Å². The number of rotatable bonds is 7. The van der Waals surface area contributed by atoms with Crippen LogP contribution in [-0.2, 0) is 12.8 Å². The van der Waals surface area contributed by atoms with Gasteiger partial charge < -0.3 is 14.9 Å². The van der Waals surface area contributed by atoms with E-state index in [4.69, 9.17) is 0 Å². The molecule has 2 aliphatic rings. The number of carbonyl (C=O) groups is 1. The van der Waals surface area contributed by atoms with Crippen molar-refractivity contribution in [3.63, 3.8) is 0 Å². The minimum Gasteiger partial charge on any atom is -0.506 e. The summed E-state index contributed by atoms with van der Waals surface area (Å²) in [5.74, 6) is 0.507. The fourth-order valence-electron chi connectivity index (χ4n) is 5.69. The van der Waals surface area contributed by atoms with Gasteiger partial charge in [0.1, 0.15) is 17.0 Å². The van der Waals surface area contributed by atoms with Crippen molar-refractivity contribution in [3.05, 3.63) is 71.4 Å². The van der Waals surface area contributed by atoms with Gasteiger partial charge in [0.25, 0.3) is 5.91 Å². The number of phenolic OH excluding ortho intramolecular Hbond substituents is 1. The summed E-state index contributed by atoms with van der Waals surface area (Å²) in [6, 6.07) is 18.4. The molecule has 1 amide bonds. The lowest BCUT2D eigenvalue weighted by Crippen LogP contribution is -2.48. The number of fused-ring (bicyclic) bond motifs is 2. The molecular weight excluding hydrogens is 436 g/mol. The number of piperidine rings is 1. The predicted octanol–water partition coefficient (Wildman–Crippen LogP) is 3.82. The number of carbonyl (C=O) groups excluding carboxylic acids is 1. The number of para-hydroxylation sites is 1. The summed E-state index contributed by atoms with van der Waals surface area (Å²) >= 11 is 0. The Morgan fingerprint density at radius 2 is 1.80 bits per heavy atom. The van der Waals surface area contributed by atoms with Crippen molar-refractivity contribution in [1.29, 1.82) is 0 Å². The van der Waals surface area contributed by atoms with Gasteiger partial charge in [-0.3, -0.25) is 9.69 Å². The molecule has 1 aliphatic heterocycles. The van der Waals surface area contributed by atoms with E-state index in [1.54, 1.807) is 18.2 Å². The van der Waals surface area contributed by atoms with Crippen molar-refractivity contribution in [2.75, 3.05) is 46.8 Å². The van der Waals surface area contributed by atoms with E-state index in [1.807, 2.05) is 31.1 Å². The first kappa shape index (κ1) is 23.8. The molecule has 0 radical (unpaired) electrons. The zero-order valence-corrected chi connectivity index (χ0v) is 20.9. The van der Waals surface area contributed by atoms with Crippen molar-refractivity contribution < 1.29 is 9.90 Å². The van der Waals surface area contributed by atoms with Crippen LogP contribution in [0.2, 0.25) is 0 Å². The van der Waals surface area contributed by atoms with Gasteiger partial charge in [-0.2, -0.15) is 0 Å². The third kappa shape index (κ3) is 5.34. The molecule has 35 heavy (non-hydrogen) atoms. The summed E-state index contributed by atoms with van der Waals surface area (Å²) in [5, 5.41) is 11.1. The van der Waals surface area contributed by atoms with Gasteiger partial charge in [-0.25, -0.2) is 4.98 Å². The molecule has 3 aromatic rings. The zero-order valence-electron chi connectivity index (χ0n) is 20.9. The summed E-state index contributed by atoms with van der Waals surface area (Å²) in [7, 11) is 4.07. The maximum atomic E-state index is 13.6. The van der Waals surface area contributed by atoms with Crippen LogP contribution >= 0.6 is 0 Å². The lowest BCUT2D eigenvalue weighted by molar-refractivity contribution is 0.0625. The molecule has 1 aromatic heterocycles. The molecule has 1 saturated heterocycles. The number of likely N-dealkylation sites (N-methyl/N-ethyl adjacent to an activating group) is 1. The number of amides is 1. The molecule has 0 saturated carbocycles. The van der Waals surface area contributed by atoms with Crippen LogP contribution in [-0.4, -0.2) is 83.6 Å². The Morgan fingerprint density at radius 1 is 1.03 bits per heavy atom. The zero-order chi connectivity index (χ0) is 24.4. The quantitative estimate of drug-likeness (QED) is 0.567. The Morgan fingerprint density at radius 3 is 2.54 bits per heavy atom. The van der Waals surface area contributed by atoms with E-state index < -0.39 is 0 Å². The van der Waals surface area contributed by atoms with E-state index in [0.717, 1.165) is 50.8 Å². The SMILES string of the molecule is CN(C)CCN(CC1CCCN(C2Cc3ccccc3C2)C1)C(=O)c1ccc2cccc(O)c2n1. The molecule has 1 atom stereocenters. The van der Waals surface area contributed by atoms with Crippen LogP contribution in [0.4, 0.5) is 0 Å². The number of hydrogen-bond acceptors (Lipinski definition) is 5. The van der Waals surface area contributed by atoms with E-state index >= 15 is 0 Å².